The summed E-state index contributed by atoms with van der Waals surface area (Å²) in [6.07, 6.45) is 2.36. The van der Waals surface area contributed by atoms with Crippen LogP contribution in [0, 0.1) is 5.92 Å². The summed E-state index contributed by atoms with van der Waals surface area (Å²) in [5.41, 5.74) is 9.05. The van der Waals surface area contributed by atoms with Crippen molar-refractivity contribution < 1.29 is 4.79 Å². The van der Waals surface area contributed by atoms with Crippen molar-refractivity contribution in [1.82, 2.24) is 10.2 Å². The normalized spacial score (nSPS) is 17.8. The molecule has 5 heteroatoms. The Kier molecular flexibility index (Phi) is 6.17. The third kappa shape index (κ3) is 4.57. The lowest BCUT2D eigenvalue weighted by Crippen LogP contribution is -2.40. The summed E-state index contributed by atoms with van der Waals surface area (Å²) >= 11 is 5.95. The van der Waals surface area contributed by atoms with Crippen LogP contribution in [-0.4, -0.2) is 37.0 Å². The summed E-state index contributed by atoms with van der Waals surface area (Å²) in [7, 11) is 0. The van der Waals surface area contributed by atoms with Gasteiger partial charge in [0.05, 0.1) is 5.56 Å². The van der Waals surface area contributed by atoms with Gasteiger partial charge in [0, 0.05) is 23.8 Å². The SMILES string of the molecule is CCN1CCCC(CNC(=O)c2cc(-c3ccc(Cl)cc3)ccc2N)C1. The van der Waals surface area contributed by atoms with E-state index in [4.69, 9.17) is 17.3 Å². The fourth-order valence-corrected chi connectivity index (χ4v) is 3.64. The first-order valence-electron chi connectivity index (χ1n) is 9.23. The molecule has 3 rings (SSSR count). The second-order valence-electron chi connectivity index (χ2n) is 6.92. The molecule has 1 heterocycles. The van der Waals surface area contributed by atoms with Gasteiger partial charge in [0.2, 0.25) is 0 Å². The van der Waals surface area contributed by atoms with Crippen LogP contribution in [0.4, 0.5) is 5.69 Å². The molecule has 4 nitrogen and oxygen atoms in total. The number of nitrogens with two attached hydrogens (primary N) is 1. The van der Waals surface area contributed by atoms with E-state index in [0.717, 1.165) is 37.2 Å². The lowest BCUT2D eigenvalue weighted by atomic mass is 9.97. The number of likely N-dealkylation sites (tertiary alicyclic amines) is 1. The highest BCUT2D eigenvalue weighted by molar-refractivity contribution is 6.30. The molecule has 0 aromatic heterocycles. The molecule has 0 spiro atoms. The van der Waals surface area contributed by atoms with Crippen molar-refractivity contribution in [3.05, 3.63) is 53.1 Å². The standard InChI is InChI=1S/C21H26ClN3O/c1-2-25-11-3-4-15(14-25)13-24-21(26)19-12-17(7-10-20(19)23)16-5-8-18(22)9-6-16/h5-10,12,15H,2-4,11,13-14,23H2,1H3,(H,24,26). The van der Waals surface area contributed by atoms with E-state index in [0.29, 0.717) is 28.7 Å². The Balaban J connectivity index is 1.68. The predicted octanol–water partition coefficient (Wildman–Crippen LogP) is 4.05. The molecule has 0 saturated carbocycles. The Morgan fingerprint density at radius 3 is 2.69 bits per heavy atom. The average Bonchev–Trinajstić information content (AvgIpc) is 2.67. The van der Waals surface area contributed by atoms with Crippen LogP contribution in [-0.2, 0) is 0 Å². The summed E-state index contributed by atoms with van der Waals surface area (Å²) in [6, 6.07) is 13.1. The van der Waals surface area contributed by atoms with E-state index in [1.54, 1.807) is 6.07 Å². The molecule has 0 bridgehead atoms. The second-order valence-corrected chi connectivity index (χ2v) is 7.36. The zero-order valence-corrected chi connectivity index (χ0v) is 15.9. The van der Waals surface area contributed by atoms with E-state index in [1.807, 2.05) is 36.4 Å². The van der Waals surface area contributed by atoms with Crippen LogP contribution in [0.3, 0.4) is 0 Å². The molecule has 1 aliphatic heterocycles. The van der Waals surface area contributed by atoms with E-state index in [9.17, 15) is 4.79 Å². The summed E-state index contributed by atoms with van der Waals surface area (Å²) in [5, 5.41) is 3.77. The number of piperidine rings is 1. The van der Waals surface area contributed by atoms with Crippen LogP contribution < -0.4 is 11.1 Å². The van der Waals surface area contributed by atoms with Crippen molar-refractivity contribution in [2.75, 3.05) is 31.9 Å². The molecular formula is C21H26ClN3O. The first-order valence-corrected chi connectivity index (χ1v) is 9.60. The highest BCUT2D eigenvalue weighted by Gasteiger charge is 2.20. The number of carbonyl (C=O) groups excluding carboxylic acids is 1. The molecule has 0 aliphatic carbocycles. The Morgan fingerprint density at radius 1 is 1.23 bits per heavy atom. The van der Waals surface area contributed by atoms with E-state index in [-0.39, 0.29) is 5.91 Å². The maximum absolute atomic E-state index is 12.7. The average molecular weight is 372 g/mol. The number of carbonyl (C=O) groups is 1. The molecule has 2 aromatic rings. The third-order valence-electron chi connectivity index (χ3n) is 5.08. The quantitative estimate of drug-likeness (QED) is 0.779. The number of amides is 1. The van der Waals surface area contributed by atoms with E-state index < -0.39 is 0 Å². The molecule has 1 amide bonds. The number of nitrogens with zero attached hydrogens (tertiary/aromatic N) is 1. The molecule has 1 atom stereocenters. The number of rotatable bonds is 5. The summed E-state index contributed by atoms with van der Waals surface area (Å²) in [5.74, 6) is 0.403. The smallest absolute Gasteiger partial charge is 0.253 e. The summed E-state index contributed by atoms with van der Waals surface area (Å²) in [6.45, 7) is 6.17. The van der Waals surface area contributed by atoms with Gasteiger partial charge in [-0.3, -0.25) is 4.79 Å². The van der Waals surface area contributed by atoms with E-state index >= 15 is 0 Å². The number of nitrogen functional groups attached to an aromatic ring is 1. The van der Waals surface area contributed by atoms with Crippen molar-refractivity contribution in [2.45, 2.75) is 19.8 Å². The number of nitrogens with one attached hydrogen (secondary N) is 1. The van der Waals surface area contributed by atoms with Crippen LogP contribution in [0.5, 0.6) is 0 Å². The van der Waals surface area contributed by atoms with Gasteiger partial charge in [-0.1, -0.05) is 36.7 Å². The number of anilines is 1. The summed E-state index contributed by atoms with van der Waals surface area (Å²) in [4.78, 5) is 15.1. The fourth-order valence-electron chi connectivity index (χ4n) is 3.51. The van der Waals surface area contributed by atoms with Gasteiger partial charge >= 0.3 is 0 Å². The fraction of sp³-hybridized carbons (Fsp3) is 0.381. The Morgan fingerprint density at radius 2 is 1.96 bits per heavy atom. The lowest BCUT2D eigenvalue weighted by molar-refractivity contribution is 0.0934. The minimum Gasteiger partial charge on any atom is -0.398 e. The van der Waals surface area contributed by atoms with Crippen molar-refractivity contribution in [3.8, 4) is 11.1 Å². The van der Waals surface area contributed by atoms with Gasteiger partial charge in [0.15, 0.2) is 0 Å². The van der Waals surface area contributed by atoms with Crippen molar-refractivity contribution >= 4 is 23.2 Å². The molecule has 1 fully saturated rings. The van der Waals surface area contributed by atoms with Gasteiger partial charge in [0.1, 0.15) is 0 Å². The number of hydrogen-bond acceptors (Lipinski definition) is 3. The van der Waals surface area contributed by atoms with Crippen LogP contribution >= 0.6 is 11.6 Å². The number of halogens is 1. The van der Waals surface area contributed by atoms with Crippen LogP contribution in [0.25, 0.3) is 11.1 Å². The van der Waals surface area contributed by atoms with Gasteiger partial charge in [-0.15, -0.1) is 0 Å². The minimum absolute atomic E-state index is 0.105. The minimum atomic E-state index is -0.105. The van der Waals surface area contributed by atoms with Gasteiger partial charge in [0.25, 0.3) is 5.91 Å². The first-order chi connectivity index (χ1) is 12.6. The third-order valence-corrected chi connectivity index (χ3v) is 5.33. The highest BCUT2D eigenvalue weighted by Crippen LogP contribution is 2.25. The van der Waals surface area contributed by atoms with Crippen LogP contribution in [0.15, 0.2) is 42.5 Å². The number of benzene rings is 2. The molecule has 1 saturated heterocycles. The Hall–Kier alpha value is -2.04. The zero-order chi connectivity index (χ0) is 18.5. The predicted molar refractivity (Wildman–Crippen MR) is 108 cm³/mol. The van der Waals surface area contributed by atoms with Crippen LogP contribution in [0.2, 0.25) is 5.02 Å². The van der Waals surface area contributed by atoms with Gasteiger partial charge < -0.3 is 16.0 Å². The molecule has 3 N–H and O–H groups in total. The van der Waals surface area contributed by atoms with Gasteiger partial charge in [-0.05, 0) is 67.2 Å². The lowest BCUT2D eigenvalue weighted by Gasteiger charge is -2.31. The van der Waals surface area contributed by atoms with Crippen molar-refractivity contribution in [3.63, 3.8) is 0 Å². The van der Waals surface area contributed by atoms with Gasteiger partial charge in [-0.2, -0.15) is 0 Å². The Bertz CT molecular complexity index is 760. The van der Waals surface area contributed by atoms with Gasteiger partial charge in [-0.25, -0.2) is 0 Å². The molecule has 26 heavy (non-hydrogen) atoms. The molecule has 1 unspecified atom stereocenters. The maximum atomic E-state index is 12.7. The largest absolute Gasteiger partial charge is 0.398 e. The molecule has 138 valence electrons. The van der Waals surface area contributed by atoms with Crippen molar-refractivity contribution in [1.29, 1.82) is 0 Å². The zero-order valence-electron chi connectivity index (χ0n) is 15.2. The van der Waals surface area contributed by atoms with Crippen molar-refractivity contribution in [2.24, 2.45) is 5.92 Å². The van der Waals surface area contributed by atoms with Crippen LogP contribution in [0.1, 0.15) is 30.1 Å². The molecular weight excluding hydrogens is 346 g/mol. The molecule has 0 radical (unpaired) electrons. The maximum Gasteiger partial charge on any atom is 0.253 e. The molecule has 1 aliphatic rings. The number of hydrogen-bond donors (Lipinski definition) is 2. The Labute approximate surface area is 160 Å². The highest BCUT2D eigenvalue weighted by atomic mass is 35.5. The topological polar surface area (TPSA) is 58.4 Å². The second kappa shape index (κ2) is 8.56. The van der Waals surface area contributed by atoms with E-state index in [1.165, 1.54) is 6.42 Å². The first kappa shape index (κ1) is 18.7. The molecule has 2 aromatic carbocycles. The summed E-state index contributed by atoms with van der Waals surface area (Å²) < 4.78 is 0. The van der Waals surface area contributed by atoms with E-state index in [2.05, 4.69) is 17.1 Å². The monoisotopic (exact) mass is 371 g/mol.